The third-order valence-corrected chi connectivity index (χ3v) is 8.18. The maximum Gasteiger partial charge on any atom is 0.239 e. The van der Waals surface area contributed by atoms with Crippen molar-refractivity contribution >= 4 is 22.6 Å². The lowest BCUT2D eigenvalue weighted by Gasteiger charge is -2.19. The first-order chi connectivity index (χ1) is 22.1. The molecule has 0 atom stereocenters. The van der Waals surface area contributed by atoms with Crippen molar-refractivity contribution in [2.24, 2.45) is 5.92 Å². The summed E-state index contributed by atoms with van der Waals surface area (Å²) in [5, 5.41) is 9.87. The number of hydrogen-bond donors (Lipinski definition) is 1. The van der Waals surface area contributed by atoms with Crippen LogP contribution in [0.1, 0.15) is 52.4 Å². The minimum atomic E-state index is -0.0528. The van der Waals surface area contributed by atoms with E-state index in [0.29, 0.717) is 36.1 Å². The van der Waals surface area contributed by atoms with Crippen molar-refractivity contribution in [3.8, 4) is 50.8 Å². The lowest BCUT2D eigenvalue weighted by atomic mass is 9.93. The number of methoxy groups -OCH3 is 1. The highest BCUT2D eigenvalue weighted by Crippen LogP contribution is 2.47. The largest absolute Gasteiger partial charge is 0.497 e. The van der Waals surface area contributed by atoms with E-state index in [4.69, 9.17) is 18.7 Å². The molecule has 7 heteroatoms. The van der Waals surface area contributed by atoms with Gasteiger partial charge in [0.2, 0.25) is 11.8 Å². The van der Waals surface area contributed by atoms with Crippen molar-refractivity contribution in [1.29, 1.82) is 0 Å². The van der Waals surface area contributed by atoms with Crippen molar-refractivity contribution in [3.63, 3.8) is 0 Å². The quantitative estimate of drug-likeness (QED) is 0.127. The molecule has 0 aliphatic heterocycles. The van der Waals surface area contributed by atoms with Crippen LogP contribution in [-0.2, 0) is 4.79 Å². The Morgan fingerprint density at radius 2 is 1.53 bits per heavy atom. The Morgan fingerprint density at radius 3 is 2.22 bits per heavy atom. The third-order valence-electron chi connectivity index (χ3n) is 8.18. The molecule has 4 aromatic carbocycles. The van der Waals surface area contributed by atoms with Crippen LogP contribution in [0.2, 0.25) is 0 Å². The normalized spacial score (nSPS) is 12.7. The molecule has 1 fully saturated rings. The molecule has 45 heavy (non-hydrogen) atoms. The van der Waals surface area contributed by atoms with Crippen LogP contribution in [-0.4, -0.2) is 31.4 Å². The zero-order valence-corrected chi connectivity index (χ0v) is 26.2. The van der Waals surface area contributed by atoms with Gasteiger partial charge in [-0.25, -0.2) is 0 Å². The van der Waals surface area contributed by atoms with Gasteiger partial charge in [0, 0.05) is 23.1 Å². The summed E-state index contributed by atoms with van der Waals surface area (Å²) in [7, 11) is 1.64. The van der Waals surface area contributed by atoms with Crippen LogP contribution >= 0.6 is 0 Å². The van der Waals surface area contributed by atoms with Crippen LogP contribution in [0.3, 0.4) is 0 Å². The van der Waals surface area contributed by atoms with Gasteiger partial charge in [-0.3, -0.25) is 10.1 Å². The smallest absolute Gasteiger partial charge is 0.239 e. The summed E-state index contributed by atoms with van der Waals surface area (Å²) in [5.41, 5.74) is 4.87. The molecule has 232 valence electrons. The molecule has 0 spiro atoms. The Hall–Kier alpha value is -4.78. The fourth-order valence-electron chi connectivity index (χ4n) is 5.45. The minimum absolute atomic E-state index is 0.00715. The molecular formula is C38H40N2O5. The van der Waals surface area contributed by atoms with Gasteiger partial charge >= 0.3 is 0 Å². The molecule has 1 aromatic heterocycles. The number of amides is 1. The number of nitrogens with zero attached hydrogens (tertiary/aromatic N) is 1. The van der Waals surface area contributed by atoms with Crippen molar-refractivity contribution in [1.82, 2.24) is 5.16 Å². The topological polar surface area (TPSA) is 82.8 Å². The van der Waals surface area contributed by atoms with Gasteiger partial charge in [-0.2, -0.15) is 0 Å². The third kappa shape index (κ3) is 6.68. The standard InChI is InChI=1S/C38H40N2O5/c1-4-6-21-43-33-24-34(44-22-7-5-2)32(23-31(33)30-14-10-12-25-11-8-9-13-29(25)30)36-35(26-17-19-28(42-3)20-18-26)38(45-40-36)39-37(41)27-15-16-27/h8-14,17-20,23-24,27H,4-7,15-16,21-22H2,1-3H3,(H,39,41). The molecule has 0 saturated heterocycles. The van der Waals surface area contributed by atoms with E-state index in [2.05, 4.69) is 72.9 Å². The van der Waals surface area contributed by atoms with E-state index in [1.165, 1.54) is 0 Å². The molecule has 0 radical (unpaired) electrons. The summed E-state index contributed by atoms with van der Waals surface area (Å²) >= 11 is 0. The molecule has 1 saturated carbocycles. The number of ether oxygens (including phenoxy) is 3. The maximum atomic E-state index is 12.9. The number of aromatic nitrogens is 1. The second-order valence-electron chi connectivity index (χ2n) is 11.5. The Balaban J connectivity index is 1.56. The molecule has 6 rings (SSSR count). The number of rotatable bonds is 14. The summed E-state index contributed by atoms with van der Waals surface area (Å²) < 4.78 is 24.2. The summed E-state index contributed by atoms with van der Waals surface area (Å²) in [5.74, 6) is 2.42. The highest BCUT2D eigenvalue weighted by Gasteiger charge is 2.32. The van der Waals surface area contributed by atoms with Crippen molar-refractivity contribution in [3.05, 3.63) is 78.9 Å². The fourth-order valence-corrected chi connectivity index (χ4v) is 5.45. The van der Waals surface area contributed by atoms with E-state index in [9.17, 15) is 4.79 Å². The highest BCUT2D eigenvalue weighted by molar-refractivity contribution is 6.02. The SMILES string of the molecule is CCCCOc1cc(OCCCC)c(-c2cccc3ccccc23)cc1-c1noc(NC(=O)C2CC2)c1-c1ccc(OC)cc1. The first kappa shape index (κ1) is 30.3. The number of hydrogen-bond acceptors (Lipinski definition) is 6. The molecule has 0 unspecified atom stereocenters. The van der Waals surface area contributed by atoms with E-state index in [1.54, 1.807) is 7.11 Å². The van der Waals surface area contributed by atoms with Crippen LogP contribution in [0.4, 0.5) is 5.88 Å². The van der Waals surface area contributed by atoms with Gasteiger partial charge in [-0.05, 0) is 65.8 Å². The van der Waals surface area contributed by atoms with Gasteiger partial charge in [-0.15, -0.1) is 0 Å². The average Bonchev–Trinajstić information content (AvgIpc) is 3.85. The van der Waals surface area contributed by atoms with Gasteiger partial charge in [0.1, 0.15) is 22.9 Å². The zero-order valence-electron chi connectivity index (χ0n) is 26.2. The average molecular weight is 605 g/mol. The minimum Gasteiger partial charge on any atom is -0.497 e. The summed E-state index contributed by atoms with van der Waals surface area (Å²) in [6.07, 6.45) is 5.64. The Morgan fingerprint density at radius 1 is 0.844 bits per heavy atom. The molecule has 1 N–H and O–H groups in total. The Bertz CT molecular complexity index is 1770. The van der Waals surface area contributed by atoms with Gasteiger partial charge in [0.15, 0.2) is 0 Å². The van der Waals surface area contributed by atoms with Gasteiger partial charge < -0.3 is 18.7 Å². The van der Waals surface area contributed by atoms with Crippen LogP contribution in [0.5, 0.6) is 17.2 Å². The van der Waals surface area contributed by atoms with E-state index >= 15 is 0 Å². The molecule has 1 heterocycles. The number of nitrogens with one attached hydrogen (secondary N) is 1. The molecule has 1 amide bonds. The van der Waals surface area contributed by atoms with E-state index in [1.807, 2.05) is 30.3 Å². The second-order valence-corrected chi connectivity index (χ2v) is 11.5. The number of unbranched alkanes of at least 4 members (excludes halogenated alkanes) is 2. The van der Waals surface area contributed by atoms with Gasteiger partial charge in [-0.1, -0.05) is 86.4 Å². The van der Waals surface area contributed by atoms with Crippen molar-refractivity contribution in [2.75, 3.05) is 25.6 Å². The Kier molecular flexibility index (Phi) is 9.34. The van der Waals surface area contributed by atoms with Crippen LogP contribution in [0.25, 0.3) is 44.3 Å². The zero-order chi connectivity index (χ0) is 31.2. The predicted octanol–water partition coefficient (Wildman–Crippen LogP) is 9.54. The van der Waals surface area contributed by atoms with Crippen LogP contribution in [0, 0.1) is 5.92 Å². The number of carbonyl (C=O) groups excluding carboxylic acids is 1. The molecule has 1 aliphatic rings. The first-order valence-electron chi connectivity index (χ1n) is 16.0. The van der Waals surface area contributed by atoms with Crippen LogP contribution < -0.4 is 19.5 Å². The van der Waals surface area contributed by atoms with E-state index in [-0.39, 0.29) is 11.8 Å². The Labute approximate surface area is 264 Å². The summed E-state index contributed by atoms with van der Waals surface area (Å²) in [4.78, 5) is 12.9. The number of anilines is 1. The lowest BCUT2D eigenvalue weighted by molar-refractivity contribution is -0.117. The molecule has 5 aromatic rings. The lowest BCUT2D eigenvalue weighted by Crippen LogP contribution is -2.13. The number of carbonyl (C=O) groups is 1. The summed E-state index contributed by atoms with van der Waals surface area (Å²) in [6, 6.07) is 26.5. The van der Waals surface area contributed by atoms with Gasteiger partial charge in [0.25, 0.3) is 0 Å². The number of fused-ring (bicyclic) bond motifs is 1. The van der Waals surface area contributed by atoms with Crippen LogP contribution in [0.15, 0.2) is 83.4 Å². The molecule has 0 bridgehead atoms. The second kappa shape index (κ2) is 13.9. The fraction of sp³-hybridized carbons (Fsp3) is 0.316. The summed E-state index contributed by atoms with van der Waals surface area (Å²) in [6.45, 7) is 5.44. The van der Waals surface area contributed by atoms with Crippen molar-refractivity contribution < 1.29 is 23.5 Å². The van der Waals surface area contributed by atoms with E-state index in [0.717, 1.165) is 83.1 Å². The molecular weight excluding hydrogens is 564 g/mol. The predicted molar refractivity (Wildman–Crippen MR) is 179 cm³/mol. The highest BCUT2D eigenvalue weighted by atomic mass is 16.5. The molecule has 7 nitrogen and oxygen atoms in total. The monoisotopic (exact) mass is 604 g/mol. The van der Waals surface area contributed by atoms with E-state index < -0.39 is 0 Å². The van der Waals surface area contributed by atoms with Gasteiger partial charge in [0.05, 0.1) is 25.9 Å². The molecule has 1 aliphatic carbocycles. The first-order valence-corrected chi connectivity index (χ1v) is 16.0. The van der Waals surface area contributed by atoms with Crippen molar-refractivity contribution in [2.45, 2.75) is 52.4 Å². The maximum absolute atomic E-state index is 12.9. The number of benzene rings is 4.